The minimum atomic E-state index is -0.933. The van der Waals surface area contributed by atoms with Crippen LogP contribution in [0, 0.1) is 0 Å². The SMILES string of the molecule is COc1ccc(N)cc1.NCCCC[C@H](N)C(=O)O.O=Cc1ccc(Cl)cc1Cl. The molecule has 29 heavy (non-hydrogen) atoms. The second kappa shape index (κ2) is 15.6. The number of anilines is 1. The Morgan fingerprint density at radius 1 is 1.17 bits per heavy atom. The number of carbonyl (C=O) groups is 2. The number of carboxylic acid groups (broad SMARTS) is 1. The minimum Gasteiger partial charge on any atom is -0.497 e. The number of aliphatic carboxylic acids is 1. The normalized spacial score (nSPS) is 10.5. The van der Waals surface area contributed by atoms with Gasteiger partial charge in [0.1, 0.15) is 11.8 Å². The molecule has 0 spiro atoms. The van der Waals surface area contributed by atoms with Crippen LogP contribution in [0.25, 0.3) is 0 Å². The van der Waals surface area contributed by atoms with Crippen molar-refractivity contribution in [3.63, 3.8) is 0 Å². The van der Waals surface area contributed by atoms with Crippen LogP contribution in [0.15, 0.2) is 42.5 Å². The number of hydrogen-bond acceptors (Lipinski definition) is 6. The molecule has 0 unspecified atom stereocenters. The number of carbonyl (C=O) groups excluding carboxylic acids is 1. The van der Waals surface area contributed by atoms with E-state index in [-0.39, 0.29) is 0 Å². The molecule has 0 aliphatic carbocycles. The molecular formula is C20H27Cl2N3O4. The molecule has 0 saturated heterocycles. The van der Waals surface area contributed by atoms with Crippen LogP contribution in [0.4, 0.5) is 5.69 Å². The van der Waals surface area contributed by atoms with Gasteiger partial charge in [-0.15, -0.1) is 0 Å². The highest BCUT2D eigenvalue weighted by atomic mass is 35.5. The fourth-order valence-electron chi connectivity index (χ4n) is 1.83. The quantitative estimate of drug-likeness (QED) is 0.290. The lowest BCUT2D eigenvalue weighted by atomic mass is 10.1. The van der Waals surface area contributed by atoms with Crippen molar-refractivity contribution in [3.05, 3.63) is 58.1 Å². The summed E-state index contributed by atoms with van der Waals surface area (Å²) < 4.78 is 4.91. The van der Waals surface area contributed by atoms with Gasteiger partial charge in [-0.05, 0) is 61.9 Å². The summed E-state index contributed by atoms with van der Waals surface area (Å²) in [5.41, 5.74) is 17.1. The summed E-state index contributed by atoms with van der Waals surface area (Å²) in [4.78, 5) is 20.3. The van der Waals surface area contributed by atoms with E-state index in [0.717, 1.165) is 24.3 Å². The van der Waals surface area contributed by atoms with Crippen LogP contribution in [-0.4, -0.2) is 37.1 Å². The standard InChI is InChI=1S/C7H4Cl2O.C7H9NO.C6H14N2O2/c8-6-2-1-5(4-10)7(9)3-6;1-9-7-4-2-6(8)3-5-7;7-4-2-1-3-5(8)6(9)10/h1-4H;2-5H,8H2,1H3;5H,1-4,7-8H2,(H,9,10)/t;;5-/m..0/s1. The lowest BCUT2D eigenvalue weighted by molar-refractivity contribution is -0.138. The number of unbranched alkanes of at least 4 members (excludes halogenated alkanes) is 1. The van der Waals surface area contributed by atoms with Gasteiger partial charge in [0.15, 0.2) is 6.29 Å². The zero-order valence-corrected chi connectivity index (χ0v) is 17.7. The fourth-order valence-corrected chi connectivity index (χ4v) is 2.29. The number of aldehydes is 1. The van der Waals surface area contributed by atoms with E-state index >= 15 is 0 Å². The van der Waals surface area contributed by atoms with E-state index in [1.165, 1.54) is 6.07 Å². The molecule has 0 saturated carbocycles. The average molecular weight is 444 g/mol. The van der Waals surface area contributed by atoms with Gasteiger partial charge in [0.2, 0.25) is 0 Å². The van der Waals surface area contributed by atoms with Crippen molar-refractivity contribution >= 4 is 41.1 Å². The van der Waals surface area contributed by atoms with Crippen LogP contribution < -0.4 is 21.9 Å². The highest BCUT2D eigenvalue weighted by molar-refractivity contribution is 6.36. The first-order valence-corrected chi connectivity index (χ1v) is 9.48. The molecule has 0 amide bonds. The largest absolute Gasteiger partial charge is 0.497 e. The number of ether oxygens (including phenoxy) is 1. The molecule has 0 heterocycles. The number of halogens is 2. The van der Waals surface area contributed by atoms with E-state index < -0.39 is 12.0 Å². The van der Waals surface area contributed by atoms with Crippen molar-refractivity contribution in [2.45, 2.75) is 25.3 Å². The van der Waals surface area contributed by atoms with Crippen LogP contribution >= 0.6 is 23.2 Å². The number of nitrogen functional groups attached to an aromatic ring is 1. The maximum absolute atomic E-state index is 10.2. The van der Waals surface area contributed by atoms with Gasteiger partial charge in [-0.25, -0.2) is 0 Å². The molecule has 0 aliphatic rings. The molecule has 0 aliphatic heterocycles. The molecule has 160 valence electrons. The first kappa shape index (κ1) is 26.7. The molecular weight excluding hydrogens is 417 g/mol. The predicted molar refractivity (Wildman–Crippen MR) is 118 cm³/mol. The van der Waals surface area contributed by atoms with Crippen molar-refractivity contribution in [1.29, 1.82) is 0 Å². The molecule has 0 radical (unpaired) electrons. The summed E-state index contributed by atoms with van der Waals surface area (Å²) in [7, 11) is 1.63. The molecule has 0 bridgehead atoms. The summed E-state index contributed by atoms with van der Waals surface area (Å²) >= 11 is 11.2. The van der Waals surface area contributed by atoms with Gasteiger partial charge in [0.05, 0.1) is 12.1 Å². The second-order valence-corrected chi connectivity index (χ2v) is 6.63. The average Bonchev–Trinajstić information content (AvgIpc) is 2.70. The summed E-state index contributed by atoms with van der Waals surface area (Å²) in [5.74, 6) is -0.0961. The zero-order valence-electron chi connectivity index (χ0n) is 16.2. The first-order valence-electron chi connectivity index (χ1n) is 8.73. The molecule has 0 fully saturated rings. The number of nitrogens with two attached hydrogens (primary N) is 3. The summed E-state index contributed by atoms with van der Waals surface area (Å²) in [6.45, 7) is 0.604. The maximum atomic E-state index is 10.2. The number of rotatable bonds is 7. The zero-order chi connectivity index (χ0) is 22.2. The Kier molecular flexibility index (Phi) is 14.3. The fraction of sp³-hybridized carbons (Fsp3) is 0.300. The van der Waals surface area contributed by atoms with E-state index in [4.69, 9.17) is 50.2 Å². The van der Waals surface area contributed by atoms with Gasteiger partial charge in [-0.2, -0.15) is 0 Å². The monoisotopic (exact) mass is 443 g/mol. The lowest BCUT2D eigenvalue weighted by Crippen LogP contribution is -2.29. The van der Waals surface area contributed by atoms with E-state index in [1.807, 2.05) is 12.1 Å². The number of methoxy groups -OCH3 is 1. The van der Waals surface area contributed by atoms with Crippen LogP contribution in [0.1, 0.15) is 29.6 Å². The second-order valence-electron chi connectivity index (χ2n) is 5.79. The van der Waals surface area contributed by atoms with Gasteiger partial charge < -0.3 is 27.0 Å². The van der Waals surface area contributed by atoms with Gasteiger partial charge in [0, 0.05) is 16.3 Å². The van der Waals surface area contributed by atoms with Crippen LogP contribution in [-0.2, 0) is 4.79 Å². The Morgan fingerprint density at radius 3 is 2.24 bits per heavy atom. The molecule has 2 aromatic rings. The van der Waals surface area contributed by atoms with E-state index in [0.29, 0.717) is 34.9 Å². The topological polar surface area (TPSA) is 142 Å². The van der Waals surface area contributed by atoms with E-state index in [1.54, 1.807) is 31.4 Å². The van der Waals surface area contributed by atoms with Crippen LogP contribution in [0.5, 0.6) is 5.75 Å². The molecule has 2 rings (SSSR count). The molecule has 7 N–H and O–H groups in total. The molecule has 0 aromatic heterocycles. The van der Waals surface area contributed by atoms with Gasteiger partial charge in [-0.1, -0.05) is 29.6 Å². The predicted octanol–water partition coefficient (Wildman–Crippen LogP) is 3.61. The van der Waals surface area contributed by atoms with Crippen molar-refractivity contribution in [2.75, 3.05) is 19.4 Å². The summed E-state index contributed by atoms with van der Waals surface area (Å²) in [5, 5.41) is 9.25. The van der Waals surface area contributed by atoms with Gasteiger partial charge in [0.25, 0.3) is 0 Å². The minimum absolute atomic E-state index is 0.391. The third-order valence-corrected chi connectivity index (χ3v) is 4.05. The first-order chi connectivity index (χ1) is 13.7. The third kappa shape index (κ3) is 12.7. The Hall–Kier alpha value is -2.32. The Bertz CT molecular complexity index is 743. The van der Waals surface area contributed by atoms with Crippen molar-refractivity contribution in [3.8, 4) is 5.75 Å². The highest BCUT2D eigenvalue weighted by Gasteiger charge is 2.09. The van der Waals surface area contributed by atoms with Crippen molar-refractivity contribution in [1.82, 2.24) is 0 Å². The van der Waals surface area contributed by atoms with Crippen LogP contribution in [0.3, 0.4) is 0 Å². The maximum Gasteiger partial charge on any atom is 0.320 e. The number of benzene rings is 2. The molecule has 1 atom stereocenters. The Labute approximate surface area is 180 Å². The molecule has 2 aromatic carbocycles. The van der Waals surface area contributed by atoms with E-state index in [2.05, 4.69) is 0 Å². The summed E-state index contributed by atoms with van der Waals surface area (Å²) in [6.07, 6.45) is 2.86. The highest BCUT2D eigenvalue weighted by Crippen LogP contribution is 2.18. The summed E-state index contributed by atoms with van der Waals surface area (Å²) in [6, 6.07) is 11.3. The number of carboxylic acids is 1. The number of hydrogen-bond donors (Lipinski definition) is 4. The molecule has 9 heteroatoms. The Morgan fingerprint density at radius 2 is 1.79 bits per heavy atom. The van der Waals surface area contributed by atoms with Gasteiger partial charge in [-0.3, -0.25) is 9.59 Å². The van der Waals surface area contributed by atoms with Crippen molar-refractivity contribution in [2.24, 2.45) is 11.5 Å². The third-order valence-electron chi connectivity index (χ3n) is 3.49. The van der Waals surface area contributed by atoms with Crippen LogP contribution in [0.2, 0.25) is 10.0 Å². The van der Waals surface area contributed by atoms with E-state index in [9.17, 15) is 9.59 Å². The van der Waals surface area contributed by atoms with Gasteiger partial charge >= 0.3 is 5.97 Å². The Balaban J connectivity index is 0.000000406. The molecule has 7 nitrogen and oxygen atoms in total. The smallest absolute Gasteiger partial charge is 0.320 e. The van der Waals surface area contributed by atoms with Crippen molar-refractivity contribution < 1.29 is 19.4 Å². The lowest BCUT2D eigenvalue weighted by Gasteiger charge is -2.03.